The van der Waals surface area contributed by atoms with E-state index in [0.29, 0.717) is 34.5 Å². The number of aromatic amines is 1. The van der Waals surface area contributed by atoms with E-state index in [1.807, 2.05) is 37.3 Å². The highest BCUT2D eigenvalue weighted by Gasteiger charge is 2.12. The second-order valence-corrected chi connectivity index (χ2v) is 6.12. The quantitative estimate of drug-likeness (QED) is 0.740. The zero-order chi connectivity index (χ0) is 17.8. The molecule has 128 valence electrons. The molecule has 0 saturated heterocycles. The molecule has 0 bridgehead atoms. The monoisotopic (exact) mass is 355 g/mol. The summed E-state index contributed by atoms with van der Waals surface area (Å²) in [5.41, 5.74) is 2.39. The predicted octanol–water partition coefficient (Wildman–Crippen LogP) is 4.10. The first kappa shape index (κ1) is 17.0. The molecule has 1 aromatic heterocycles. The van der Waals surface area contributed by atoms with Crippen LogP contribution in [-0.4, -0.2) is 33.2 Å². The molecular weight excluding hydrogens is 338 g/mol. The molecule has 3 rings (SSSR count). The van der Waals surface area contributed by atoms with Crippen molar-refractivity contribution in [3.8, 4) is 11.4 Å². The number of rotatable bonds is 4. The van der Waals surface area contributed by atoms with E-state index in [1.165, 1.54) is 0 Å². The first-order valence-electron chi connectivity index (χ1n) is 7.78. The Bertz CT molecular complexity index is 878. The molecule has 25 heavy (non-hydrogen) atoms. The largest absolute Gasteiger partial charge is 0.323 e. The molecule has 2 amide bonds. The number of aromatic nitrogens is 3. The average Bonchev–Trinajstić information content (AvgIpc) is 3.02. The van der Waals surface area contributed by atoms with E-state index in [0.717, 1.165) is 5.56 Å². The molecule has 0 saturated carbocycles. The lowest BCUT2D eigenvalue weighted by atomic mass is 10.2. The number of benzene rings is 2. The smallest absolute Gasteiger partial charge is 0.321 e. The van der Waals surface area contributed by atoms with Crippen LogP contribution in [0.15, 0.2) is 48.5 Å². The van der Waals surface area contributed by atoms with E-state index in [4.69, 9.17) is 11.6 Å². The highest BCUT2D eigenvalue weighted by Crippen LogP contribution is 2.28. The molecule has 6 nitrogen and oxygen atoms in total. The zero-order valence-electron chi connectivity index (χ0n) is 14.0. The van der Waals surface area contributed by atoms with Crippen molar-refractivity contribution >= 4 is 23.3 Å². The first-order valence-corrected chi connectivity index (χ1v) is 8.15. The van der Waals surface area contributed by atoms with Crippen LogP contribution in [0.25, 0.3) is 11.4 Å². The topological polar surface area (TPSA) is 73.9 Å². The Morgan fingerprint density at radius 1 is 1.24 bits per heavy atom. The van der Waals surface area contributed by atoms with Gasteiger partial charge in [0.1, 0.15) is 5.82 Å². The van der Waals surface area contributed by atoms with Crippen LogP contribution in [-0.2, 0) is 6.54 Å². The van der Waals surface area contributed by atoms with Gasteiger partial charge in [0, 0.05) is 24.8 Å². The minimum atomic E-state index is -0.207. The SMILES string of the molecule is Cc1nc(-c2ccc(NC(=O)N(C)Cc3ccccc3)cc2Cl)n[nH]1. The fraction of sp³-hybridized carbons (Fsp3) is 0.167. The van der Waals surface area contributed by atoms with Crippen molar-refractivity contribution in [3.63, 3.8) is 0 Å². The van der Waals surface area contributed by atoms with E-state index >= 15 is 0 Å². The number of amides is 2. The molecule has 1 heterocycles. The number of hydrogen-bond donors (Lipinski definition) is 2. The normalized spacial score (nSPS) is 10.5. The maximum absolute atomic E-state index is 12.3. The Kier molecular flexibility index (Phi) is 5.00. The summed E-state index contributed by atoms with van der Waals surface area (Å²) in [6.45, 7) is 2.34. The summed E-state index contributed by atoms with van der Waals surface area (Å²) in [5, 5.41) is 10.2. The molecular formula is C18H18ClN5O. The van der Waals surface area contributed by atoms with Gasteiger partial charge in [-0.05, 0) is 30.7 Å². The van der Waals surface area contributed by atoms with Crippen LogP contribution in [0.2, 0.25) is 5.02 Å². The van der Waals surface area contributed by atoms with Crippen LogP contribution < -0.4 is 5.32 Å². The Morgan fingerprint density at radius 3 is 2.64 bits per heavy atom. The number of urea groups is 1. The molecule has 3 aromatic rings. The minimum absolute atomic E-state index is 0.207. The number of halogens is 1. The average molecular weight is 356 g/mol. The fourth-order valence-electron chi connectivity index (χ4n) is 2.39. The maximum Gasteiger partial charge on any atom is 0.321 e. The van der Waals surface area contributed by atoms with Gasteiger partial charge in [0.05, 0.1) is 5.02 Å². The number of carbonyl (C=O) groups is 1. The van der Waals surface area contributed by atoms with Crippen molar-refractivity contribution in [1.82, 2.24) is 20.1 Å². The van der Waals surface area contributed by atoms with Gasteiger partial charge in [-0.2, -0.15) is 5.10 Å². The predicted molar refractivity (Wildman–Crippen MR) is 98.5 cm³/mol. The Balaban J connectivity index is 1.68. The summed E-state index contributed by atoms with van der Waals surface area (Å²) < 4.78 is 0. The summed E-state index contributed by atoms with van der Waals surface area (Å²) in [5.74, 6) is 1.24. The van der Waals surface area contributed by atoms with Gasteiger partial charge in [0.15, 0.2) is 5.82 Å². The van der Waals surface area contributed by atoms with E-state index in [9.17, 15) is 4.79 Å². The molecule has 7 heteroatoms. The Morgan fingerprint density at radius 2 is 2.00 bits per heavy atom. The van der Waals surface area contributed by atoms with Crippen molar-refractivity contribution < 1.29 is 4.79 Å². The number of nitrogens with zero attached hydrogens (tertiary/aromatic N) is 3. The molecule has 0 fully saturated rings. The van der Waals surface area contributed by atoms with E-state index < -0.39 is 0 Å². The standard InChI is InChI=1S/C18H18ClN5O/c1-12-20-17(23-22-12)15-9-8-14(10-16(15)19)21-18(25)24(2)11-13-6-4-3-5-7-13/h3-10H,11H2,1-2H3,(H,21,25)(H,20,22,23). The second kappa shape index (κ2) is 7.36. The number of anilines is 1. The summed E-state index contributed by atoms with van der Waals surface area (Å²) in [4.78, 5) is 18.2. The minimum Gasteiger partial charge on any atom is -0.323 e. The van der Waals surface area contributed by atoms with Gasteiger partial charge >= 0.3 is 6.03 Å². The van der Waals surface area contributed by atoms with Crippen LogP contribution in [0.4, 0.5) is 10.5 Å². The van der Waals surface area contributed by atoms with Crippen molar-refractivity contribution in [2.24, 2.45) is 0 Å². The summed E-state index contributed by atoms with van der Waals surface area (Å²) in [6, 6.07) is 14.9. The van der Waals surface area contributed by atoms with E-state index in [1.54, 1.807) is 30.1 Å². The second-order valence-electron chi connectivity index (χ2n) is 5.71. The molecule has 0 unspecified atom stereocenters. The number of hydrogen-bond acceptors (Lipinski definition) is 3. The highest BCUT2D eigenvalue weighted by molar-refractivity contribution is 6.33. The fourth-order valence-corrected chi connectivity index (χ4v) is 2.65. The van der Waals surface area contributed by atoms with Crippen molar-refractivity contribution in [1.29, 1.82) is 0 Å². The molecule has 0 atom stereocenters. The van der Waals surface area contributed by atoms with Gasteiger partial charge in [0.25, 0.3) is 0 Å². The van der Waals surface area contributed by atoms with Crippen molar-refractivity contribution in [2.45, 2.75) is 13.5 Å². The lowest BCUT2D eigenvalue weighted by Crippen LogP contribution is -2.30. The van der Waals surface area contributed by atoms with Crippen LogP contribution in [0.3, 0.4) is 0 Å². The van der Waals surface area contributed by atoms with Gasteiger partial charge in [0.2, 0.25) is 0 Å². The third-order valence-electron chi connectivity index (χ3n) is 3.67. The first-order chi connectivity index (χ1) is 12.0. The van der Waals surface area contributed by atoms with Gasteiger partial charge in [-0.3, -0.25) is 5.10 Å². The summed E-state index contributed by atoms with van der Waals surface area (Å²) >= 11 is 6.31. The van der Waals surface area contributed by atoms with Crippen LogP contribution in [0, 0.1) is 6.92 Å². The van der Waals surface area contributed by atoms with Gasteiger partial charge in [-0.15, -0.1) is 0 Å². The van der Waals surface area contributed by atoms with E-state index in [-0.39, 0.29) is 6.03 Å². The molecule has 0 spiro atoms. The highest BCUT2D eigenvalue weighted by atomic mass is 35.5. The molecule has 0 aliphatic heterocycles. The van der Waals surface area contributed by atoms with E-state index in [2.05, 4.69) is 20.5 Å². The maximum atomic E-state index is 12.3. The van der Waals surface area contributed by atoms with Crippen LogP contribution in [0.1, 0.15) is 11.4 Å². The number of H-pyrrole nitrogens is 1. The third kappa shape index (κ3) is 4.16. The van der Waals surface area contributed by atoms with Crippen LogP contribution >= 0.6 is 11.6 Å². The molecule has 0 aliphatic carbocycles. The Labute approximate surface area is 150 Å². The zero-order valence-corrected chi connectivity index (χ0v) is 14.7. The molecule has 0 radical (unpaired) electrons. The van der Waals surface area contributed by atoms with Gasteiger partial charge in [-0.25, -0.2) is 9.78 Å². The van der Waals surface area contributed by atoms with Crippen LogP contribution in [0.5, 0.6) is 0 Å². The lowest BCUT2D eigenvalue weighted by Gasteiger charge is -2.18. The molecule has 2 aromatic carbocycles. The third-order valence-corrected chi connectivity index (χ3v) is 3.98. The number of aryl methyl sites for hydroxylation is 1. The summed E-state index contributed by atoms with van der Waals surface area (Å²) in [6.07, 6.45) is 0. The molecule has 2 N–H and O–H groups in total. The van der Waals surface area contributed by atoms with Crippen molar-refractivity contribution in [2.75, 3.05) is 12.4 Å². The van der Waals surface area contributed by atoms with Crippen molar-refractivity contribution in [3.05, 3.63) is 64.9 Å². The number of nitrogens with one attached hydrogen (secondary N) is 2. The summed E-state index contributed by atoms with van der Waals surface area (Å²) in [7, 11) is 1.74. The lowest BCUT2D eigenvalue weighted by molar-refractivity contribution is 0.220. The van der Waals surface area contributed by atoms with Gasteiger partial charge < -0.3 is 10.2 Å². The number of carbonyl (C=O) groups excluding carboxylic acids is 1. The van der Waals surface area contributed by atoms with Gasteiger partial charge in [-0.1, -0.05) is 41.9 Å². The molecule has 0 aliphatic rings. The Hall–Kier alpha value is -2.86.